The first-order valence-electron chi connectivity index (χ1n) is 4.84. The van der Waals surface area contributed by atoms with Gasteiger partial charge in [-0.2, -0.15) is 5.10 Å². The van der Waals surface area contributed by atoms with Crippen LogP contribution in [-0.4, -0.2) is 21.4 Å². The third-order valence-corrected chi connectivity index (χ3v) is 2.18. The predicted molar refractivity (Wildman–Crippen MR) is 59.2 cm³/mol. The fraction of sp³-hybridized carbons (Fsp3) is 0.273. The number of hydrogen-bond donors (Lipinski definition) is 0. The number of pyridine rings is 1. The first kappa shape index (κ1) is 9.71. The maximum atomic E-state index is 5.35. The van der Waals surface area contributed by atoms with E-state index < -0.39 is 0 Å². The molecule has 4 heteroatoms. The summed E-state index contributed by atoms with van der Waals surface area (Å²) in [4.78, 5) is 4.25. The monoisotopic (exact) mass is 203 g/mol. The van der Waals surface area contributed by atoms with E-state index in [1.54, 1.807) is 10.9 Å². The highest BCUT2D eigenvalue weighted by Gasteiger charge is 2.12. The lowest BCUT2D eigenvalue weighted by Gasteiger charge is -2.02. The van der Waals surface area contributed by atoms with Crippen molar-refractivity contribution in [2.45, 2.75) is 6.92 Å². The Labute approximate surface area is 88.2 Å². The zero-order valence-corrected chi connectivity index (χ0v) is 8.90. The smallest absolute Gasteiger partial charge is 0.158 e. The highest BCUT2D eigenvalue weighted by Crippen LogP contribution is 2.21. The largest absolute Gasteiger partial charge is 0.492 e. The summed E-state index contributed by atoms with van der Waals surface area (Å²) in [6.45, 7) is 6.37. The molecule has 0 aliphatic heterocycles. The molecule has 0 spiro atoms. The number of fused-ring (bicyclic) bond motifs is 1. The van der Waals surface area contributed by atoms with Crippen LogP contribution in [0, 0.1) is 0 Å². The number of nitrogens with zero attached hydrogens (tertiary/aromatic N) is 3. The number of rotatable bonds is 3. The molecule has 15 heavy (non-hydrogen) atoms. The molecule has 0 N–H and O–H groups in total. The molecular weight excluding hydrogens is 190 g/mol. The zero-order valence-electron chi connectivity index (χ0n) is 8.90. The number of hydrogen-bond acceptors (Lipinski definition) is 3. The second-order valence-corrected chi connectivity index (χ2v) is 3.20. The van der Waals surface area contributed by atoms with Crippen molar-refractivity contribution in [2.24, 2.45) is 7.05 Å². The van der Waals surface area contributed by atoms with Gasteiger partial charge in [0.25, 0.3) is 0 Å². The molecule has 4 nitrogen and oxygen atoms in total. The molecule has 78 valence electrons. The Morgan fingerprint density at radius 1 is 1.60 bits per heavy atom. The topological polar surface area (TPSA) is 39.9 Å². The highest BCUT2D eigenvalue weighted by atomic mass is 16.5. The Kier molecular flexibility index (Phi) is 2.41. The molecule has 0 bridgehead atoms. The van der Waals surface area contributed by atoms with Crippen LogP contribution in [0.3, 0.4) is 0 Å². The van der Waals surface area contributed by atoms with Gasteiger partial charge in [0.05, 0.1) is 12.0 Å². The predicted octanol–water partition coefficient (Wildman–Crippen LogP) is 1.98. The van der Waals surface area contributed by atoms with Crippen LogP contribution in [0.15, 0.2) is 24.9 Å². The SMILES string of the molecule is C=C(OCC)c1nn(C)c2ncccc12. The Balaban J connectivity index is 2.57. The number of aromatic nitrogens is 3. The fourth-order valence-corrected chi connectivity index (χ4v) is 1.54. The van der Waals surface area contributed by atoms with Crippen molar-refractivity contribution >= 4 is 16.8 Å². The van der Waals surface area contributed by atoms with Crippen molar-refractivity contribution in [3.63, 3.8) is 0 Å². The molecule has 0 aliphatic rings. The van der Waals surface area contributed by atoms with E-state index in [1.807, 2.05) is 26.1 Å². The molecular formula is C11H13N3O. The van der Waals surface area contributed by atoms with Crippen LogP contribution in [0.25, 0.3) is 16.8 Å². The molecule has 0 saturated carbocycles. The molecule has 0 radical (unpaired) electrons. The molecule has 2 heterocycles. The summed E-state index contributed by atoms with van der Waals surface area (Å²) in [6.07, 6.45) is 1.75. The van der Waals surface area contributed by atoms with E-state index in [-0.39, 0.29) is 0 Å². The minimum atomic E-state index is 0.594. The van der Waals surface area contributed by atoms with Gasteiger partial charge in [0.2, 0.25) is 0 Å². The van der Waals surface area contributed by atoms with Crippen LogP contribution in [0.2, 0.25) is 0 Å². The van der Waals surface area contributed by atoms with Crippen LogP contribution in [0.1, 0.15) is 12.6 Å². The standard InChI is InChI=1S/C11H13N3O/c1-4-15-8(2)10-9-6-5-7-12-11(9)14(3)13-10/h5-7H,2,4H2,1,3H3. The summed E-state index contributed by atoms with van der Waals surface area (Å²) in [6, 6.07) is 3.85. The van der Waals surface area contributed by atoms with E-state index in [9.17, 15) is 0 Å². The van der Waals surface area contributed by atoms with Gasteiger partial charge >= 0.3 is 0 Å². The maximum Gasteiger partial charge on any atom is 0.158 e. The second-order valence-electron chi connectivity index (χ2n) is 3.20. The van der Waals surface area contributed by atoms with Gasteiger partial charge in [0, 0.05) is 13.2 Å². The van der Waals surface area contributed by atoms with E-state index in [0.29, 0.717) is 12.4 Å². The fourth-order valence-electron chi connectivity index (χ4n) is 1.54. The van der Waals surface area contributed by atoms with Crippen LogP contribution in [0.4, 0.5) is 0 Å². The van der Waals surface area contributed by atoms with Gasteiger partial charge in [0.1, 0.15) is 11.5 Å². The van der Waals surface area contributed by atoms with Crippen LogP contribution >= 0.6 is 0 Å². The Morgan fingerprint density at radius 3 is 3.13 bits per heavy atom. The van der Waals surface area contributed by atoms with Gasteiger partial charge in [0.15, 0.2) is 5.65 Å². The maximum absolute atomic E-state index is 5.35. The average molecular weight is 203 g/mol. The molecule has 2 aromatic rings. The highest BCUT2D eigenvalue weighted by molar-refractivity contribution is 5.86. The van der Waals surface area contributed by atoms with E-state index in [1.165, 1.54) is 0 Å². The molecule has 0 aliphatic carbocycles. The van der Waals surface area contributed by atoms with Crippen molar-refractivity contribution in [2.75, 3.05) is 6.61 Å². The van der Waals surface area contributed by atoms with E-state index >= 15 is 0 Å². The summed E-state index contributed by atoms with van der Waals surface area (Å²) in [7, 11) is 1.86. The first-order chi connectivity index (χ1) is 7.24. The van der Waals surface area contributed by atoms with Gasteiger partial charge < -0.3 is 4.74 Å². The third kappa shape index (κ3) is 1.58. The number of aryl methyl sites for hydroxylation is 1. The Bertz CT molecular complexity index is 502. The first-order valence-corrected chi connectivity index (χ1v) is 4.84. The molecule has 0 amide bonds. The lowest BCUT2D eigenvalue weighted by molar-refractivity contribution is 0.298. The second kappa shape index (κ2) is 3.73. The summed E-state index contributed by atoms with van der Waals surface area (Å²) in [5.74, 6) is 0.594. The van der Waals surface area contributed by atoms with Crippen LogP contribution in [0.5, 0.6) is 0 Å². The minimum Gasteiger partial charge on any atom is -0.492 e. The molecule has 0 aromatic carbocycles. The quantitative estimate of drug-likeness (QED) is 0.716. The normalized spacial score (nSPS) is 10.5. The summed E-state index contributed by atoms with van der Waals surface area (Å²) in [5, 5.41) is 5.31. The van der Waals surface area contributed by atoms with Crippen LogP contribution < -0.4 is 0 Å². The summed E-state index contributed by atoms with van der Waals surface area (Å²) >= 11 is 0. The third-order valence-electron chi connectivity index (χ3n) is 2.18. The van der Waals surface area contributed by atoms with Crippen molar-refractivity contribution in [3.8, 4) is 0 Å². The van der Waals surface area contributed by atoms with E-state index in [2.05, 4.69) is 16.7 Å². The number of ether oxygens (including phenoxy) is 1. The summed E-state index contributed by atoms with van der Waals surface area (Å²) in [5.41, 5.74) is 1.61. The Hall–Kier alpha value is -1.84. The van der Waals surface area contributed by atoms with Crippen molar-refractivity contribution in [3.05, 3.63) is 30.6 Å². The van der Waals surface area contributed by atoms with Gasteiger partial charge in [-0.05, 0) is 19.1 Å². The molecule has 0 unspecified atom stereocenters. The lowest BCUT2D eigenvalue weighted by Crippen LogP contribution is -1.94. The average Bonchev–Trinajstić information content (AvgIpc) is 2.58. The molecule has 0 saturated heterocycles. The van der Waals surface area contributed by atoms with Gasteiger partial charge in [-0.1, -0.05) is 6.58 Å². The van der Waals surface area contributed by atoms with Gasteiger partial charge in [-0.25, -0.2) is 9.67 Å². The molecule has 0 fully saturated rings. The van der Waals surface area contributed by atoms with Crippen molar-refractivity contribution < 1.29 is 4.74 Å². The summed E-state index contributed by atoms with van der Waals surface area (Å²) < 4.78 is 7.08. The van der Waals surface area contributed by atoms with Crippen molar-refractivity contribution in [1.82, 2.24) is 14.8 Å². The van der Waals surface area contributed by atoms with Gasteiger partial charge in [-0.15, -0.1) is 0 Å². The Morgan fingerprint density at radius 2 is 2.40 bits per heavy atom. The lowest BCUT2D eigenvalue weighted by atomic mass is 10.2. The molecule has 2 rings (SSSR count). The minimum absolute atomic E-state index is 0.594. The molecule has 0 atom stereocenters. The molecule has 2 aromatic heterocycles. The van der Waals surface area contributed by atoms with Gasteiger partial charge in [-0.3, -0.25) is 0 Å². The zero-order chi connectivity index (χ0) is 10.8. The van der Waals surface area contributed by atoms with E-state index in [0.717, 1.165) is 16.7 Å². The van der Waals surface area contributed by atoms with E-state index in [4.69, 9.17) is 4.74 Å². The van der Waals surface area contributed by atoms with Crippen molar-refractivity contribution in [1.29, 1.82) is 0 Å². The van der Waals surface area contributed by atoms with Crippen LogP contribution in [-0.2, 0) is 11.8 Å².